The molecule has 3 aromatic rings. The van der Waals surface area contributed by atoms with Crippen molar-refractivity contribution in [3.8, 4) is 5.75 Å². The van der Waals surface area contributed by atoms with E-state index in [1.165, 1.54) is 23.9 Å². The van der Waals surface area contributed by atoms with Crippen LogP contribution in [0.15, 0.2) is 45.0 Å². The molecule has 0 saturated heterocycles. The fourth-order valence-corrected chi connectivity index (χ4v) is 3.11. The molecule has 7 nitrogen and oxygen atoms in total. The quantitative estimate of drug-likeness (QED) is 0.545. The Morgan fingerprint density at radius 2 is 2.26 bits per heavy atom. The molecule has 0 atom stereocenters. The van der Waals surface area contributed by atoms with Gasteiger partial charge in [0.2, 0.25) is 0 Å². The normalized spacial score (nSPS) is 11.2. The highest BCUT2D eigenvalue weighted by Gasteiger charge is 2.10. The molecular weight excluding hydrogens is 318 g/mol. The van der Waals surface area contributed by atoms with Gasteiger partial charge in [0.15, 0.2) is 5.16 Å². The number of aromatic hydroxyl groups is 1. The molecule has 2 aromatic heterocycles. The minimum atomic E-state index is -0.445. The summed E-state index contributed by atoms with van der Waals surface area (Å²) in [5, 5.41) is 19.0. The third-order valence-electron chi connectivity index (χ3n) is 3.29. The van der Waals surface area contributed by atoms with Crippen LogP contribution in [0.25, 0.3) is 11.0 Å². The minimum absolute atomic E-state index is 0.0600. The van der Waals surface area contributed by atoms with Crippen molar-refractivity contribution in [2.45, 2.75) is 17.5 Å². The molecule has 0 aliphatic heterocycles. The lowest BCUT2D eigenvalue weighted by molar-refractivity contribution is 0.184. The first-order valence-corrected chi connectivity index (χ1v) is 7.91. The summed E-state index contributed by atoms with van der Waals surface area (Å²) >= 11 is 1.48. The molecule has 0 amide bonds. The molecule has 0 radical (unpaired) electrons. The topological polar surface area (TPSA) is 90.4 Å². The van der Waals surface area contributed by atoms with E-state index in [4.69, 9.17) is 9.15 Å². The minimum Gasteiger partial charge on any atom is -0.508 e. The van der Waals surface area contributed by atoms with Gasteiger partial charge in [0.25, 0.3) is 0 Å². The molecule has 0 saturated carbocycles. The van der Waals surface area contributed by atoms with Crippen LogP contribution < -0.4 is 5.63 Å². The number of ether oxygens (including phenoxy) is 1. The van der Waals surface area contributed by atoms with Crippen molar-refractivity contribution >= 4 is 22.7 Å². The predicted molar refractivity (Wildman–Crippen MR) is 85.6 cm³/mol. The summed E-state index contributed by atoms with van der Waals surface area (Å²) in [6.07, 6.45) is 1.65. The van der Waals surface area contributed by atoms with Crippen LogP contribution in [0.5, 0.6) is 5.75 Å². The van der Waals surface area contributed by atoms with Crippen molar-refractivity contribution in [3.63, 3.8) is 0 Å². The molecule has 0 spiro atoms. The van der Waals surface area contributed by atoms with Gasteiger partial charge in [-0.25, -0.2) is 4.79 Å². The smallest absolute Gasteiger partial charge is 0.336 e. The molecule has 2 heterocycles. The van der Waals surface area contributed by atoms with Crippen molar-refractivity contribution in [3.05, 3.63) is 46.6 Å². The maximum absolute atomic E-state index is 11.7. The number of thioether (sulfide) groups is 1. The molecule has 23 heavy (non-hydrogen) atoms. The Morgan fingerprint density at radius 1 is 1.39 bits per heavy atom. The van der Waals surface area contributed by atoms with Gasteiger partial charge in [-0.3, -0.25) is 0 Å². The number of methoxy groups -OCH3 is 1. The molecule has 0 bridgehead atoms. The summed E-state index contributed by atoms with van der Waals surface area (Å²) < 4.78 is 12.1. The van der Waals surface area contributed by atoms with Crippen LogP contribution in [0.1, 0.15) is 5.56 Å². The van der Waals surface area contributed by atoms with Crippen LogP contribution in [0, 0.1) is 0 Å². The number of hydrogen-bond acceptors (Lipinski definition) is 7. The van der Waals surface area contributed by atoms with E-state index in [1.54, 1.807) is 25.6 Å². The highest BCUT2D eigenvalue weighted by molar-refractivity contribution is 7.98. The van der Waals surface area contributed by atoms with Crippen LogP contribution >= 0.6 is 11.8 Å². The fraction of sp³-hybridized carbons (Fsp3) is 0.267. The Bertz CT molecular complexity index is 875. The second kappa shape index (κ2) is 6.84. The maximum atomic E-state index is 11.7. The highest BCUT2D eigenvalue weighted by Crippen LogP contribution is 2.27. The zero-order valence-corrected chi connectivity index (χ0v) is 13.2. The SMILES string of the molecule is COCCn1cnnc1SCc1cc(=O)oc2cc(O)ccc12. The van der Waals surface area contributed by atoms with Crippen LogP contribution in [0.4, 0.5) is 0 Å². The van der Waals surface area contributed by atoms with E-state index in [1.807, 2.05) is 4.57 Å². The second-order valence-corrected chi connectivity index (χ2v) is 5.80. The van der Waals surface area contributed by atoms with E-state index >= 15 is 0 Å². The van der Waals surface area contributed by atoms with Crippen molar-refractivity contribution in [1.82, 2.24) is 14.8 Å². The van der Waals surface area contributed by atoms with Gasteiger partial charge >= 0.3 is 5.63 Å². The summed E-state index contributed by atoms with van der Waals surface area (Å²) in [5.74, 6) is 0.600. The third-order valence-corrected chi connectivity index (χ3v) is 4.32. The van der Waals surface area contributed by atoms with Gasteiger partial charge in [-0.2, -0.15) is 0 Å². The Labute approximate surface area is 135 Å². The Hall–Kier alpha value is -2.32. The Morgan fingerprint density at radius 3 is 3.09 bits per heavy atom. The maximum Gasteiger partial charge on any atom is 0.336 e. The molecule has 120 valence electrons. The van der Waals surface area contributed by atoms with E-state index in [2.05, 4.69) is 10.2 Å². The van der Waals surface area contributed by atoms with Crippen molar-refractivity contribution in [2.75, 3.05) is 13.7 Å². The number of rotatable bonds is 6. The molecule has 1 aromatic carbocycles. The number of fused-ring (bicyclic) bond motifs is 1. The Kier molecular flexibility index (Phi) is 4.63. The zero-order valence-electron chi connectivity index (χ0n) is 12.4. The molecule has 1 N–H and O–H groups in total. The van der Waals surface area contributed by atoms with Crippen molar-refractivity contribution < 1.29 is 14.3 Å². The van der Waals surface area contributed by atoms with Gasteiger partial charge in [0.1, 0.15) is 17.7 Å². The van der Waals surface area contributed by atoms with Crippen LogP contribution in [-0.4, -0.2) is 33.6 Å². The van der Waals surface area contributed by atoms with Crippen LogP contribution in [0.2, 0.25) is 0 Å². The van der Waals surface area contributed by atoms with E-state index in [9.17, 15) is 9.90 Å². The average molecular weight is 333 g/mol. The summed E-state index contributed by atoms with van der Waals surface area (Å²) in [6.45, 7) is 1.24. The largest absolute Gasteiger partial charge is 0.508 e. The summed E-state index contributed by atoms with van der Waals surface area (Å²) in [6, 6.07) is 6.20. The molecule has 8 heteroatoms. The number of hydrogen-bond donors (Lipinski definition) is 1. The van der Waals surface area contributed by atoms with Crippen LogP contribution in [-0.2, 0) is 17.0 Å². The van der Waals surface area contributed by atoms with Crippen molar-refractivity contribution in [2.24, 2.45) is 0 Å². The molecule has 0 aliphatic rings. The first-order chi connectivity index (χ1) is 11.2. The highest BCUT2D eigenvalue weighted by atomic mass is 32.2. The monoisotopic (exact) mass is 333 g/mol. The van der Waals surface area contributed by atoms with Gasteiger partial charge in [0.05, 0.1) is 6.61 Å². The summed E-state index contributed by atoms with van der Waals surface area (Å²) in [7, 11) is 1.64. The second-order valence-electron chi connectivity index (χ2n) is 4.86. The molecule has 0 fully saturated rings. The number of aromatic nitrogens is 3. The van der Waals surface area contributed by atoms with E-state index in [0.717, 1.165) is 16.1 Å². The van der Waals surface area contributed by atoms with Gasteiger partial charge in [0, 0.05) is 36.9 Å². The molecule has 0 unspecified atom stereocenters. The number of phenols is 1. The first kappa shape index (κ1) is 15.6. The van der Waals surface area contributed by atoms with Gasteiger partial charge in [-0.15, -0.1) is 10.2 Å². The average Bonchev–Trinajstić information content (AvgIpc) is 2.97. The summed E-state index contributed by atoms with van der Waals surface area (Å²) in [5.41, 5.74) is 0.746. The van der Waals surface area contributed by atoms with Gasteiger partial charge in [-0.1, -0.05) is 11.8 Å². The predicted octanol–water partition coefficient (Wildman–Crippen LogP) is 2.03. The zero-order chi connectivity index (χ0) is 16.2. The van der Waals surface area contributed by atoms with Crippen LogP contribution in [0.3, 0.4) is 0 Å². The number of nitrogens with zero attached hydrogens (tertiary/aromatic N) is 3. The molecule has 3 rings (SSSR count). The van der Waals surface area contributed by atoms with E-state index in [-0.39, 0.29) is 5.75 Å². The fourth-order valence-electron chi connectivity index (χ4n) is 2.18. The third kappa shape index (κ3) is 3.54. The number of phenolic OH excluding ortho intramolecular Hbond substituents is 1. The lowest BCUT2D eigenvalue weighted by Gasteiger charge is -2.07. The standard InChI is InChI=1S/C15H15N3O4S/c1-21-5-4-18-9-16-17-15(18)23-8-10-6-14(20)22-13-7-11(19)2-3-12(10)13/h2-3,6-7,9,19H,4-5,8H2,1H3. The molecule has 0 aliphatic carbocycles. The Balaban J connectivity index is 1.85. The number of benzene rings is 1. The lowest BCUT2D eigenvalue weighted by atomic mass is 10.1. The van der Waals surface area contributed by atoms with Gasteiger partial charge in [-0.05, 0) is 17.7 Å². The molecular formula is C15H15N3O4S. The van der Waals surface area contributed by atoms with E-state index in [0.29, 0.717) is 24.5 Å². The van der Waals surface area contributed by atoms with Crippen molar-refractivity contribution in [1.29, 1.82) is 0 Å². The first-order valence-electron chi connectivity index (χ1n) is 6.92. The summed E-state index contributed by atoms with van der Waals surface area (Å²) in [4.78, 5) is 11.7. The van der Waals surface area contributed by atoms with E-state index < -0.39 is 5.63 Å². The lowest BCUT2D eigenvalue weighted by Crippen LogP contribution is -2.05. The van der Waals surface area contributed by atoms with Gasteiger partial charge < -0.3 is 18.8 Å².